The molecule has 0 aliphatic heterocycles. The average molecular weight is 382 g/mol. The second kappa shape index (κ2) is 9.46. The van der Waals surface area contributed by atoms with E-state index in [0.717, 1.165) is 16.8 Å². The number of hydrogen-bond donors (Lipinski definition) is 0. The van der Waals surface area contributed by atoms with Crippen molar-refractivity contribution in [1.82, 2.24) is 9.88 Å². The van der Waals surface area contributed by atoms with Gasteiger partial charge < -0.3 is 9.47 Å². The van der Waals surface area contributed by atoms with Gasteiger partial charge in [-0.2, -0.15) is 0 Å². The van der Waals surface area contributed by atoms with Gasteiger partial charge >= 0.3 is 11.9 Å². The number of hydrogen-bond acceptors (Lipinski definition) is 6. The zero-order chi connectivity index (χ0) is 19.9. The highest BCUT2D eigenvalue weighted by Crippen LogP contribution is 2.44. The normalized spacial score (nSPS) is 14.5. The summed E-state index contributed by atoms with van der Waals surface area (Å²) in [5.74, 6) is -0.433. The van der Waals surface area contributed by atoms with Gasteiger partial charge in [-0.15, -0.1) is 0 Å². The minimum absolute atomic E-state index is 0.0134. The van der Waals surface area contributed by atoms with Crippen molar-refractivity contribution in [3.63, 3.8) is 0 Å². The van der Waals surface area contributed by atoms with E-state index in [1.807, 2.05) is 18.2 Å². The maximum absolute atomic E-state index is 11.5. The Morgan fingerprint density at radius 3 is 2.18 bits per heavy atom. The molecule has 0 amide bonds. The summed E-state index contributed by atoms with van der Waals surface area (Å²) >= 11 is 0. The largest absolute Gasteiger partial charge is 0.464 e. The molecule has 0 N–H and O–H groups in total. The van der Waals surface area contributed by atoms with Crippen molar-refractivity contribution in [2.24, 2.45) is 0 Å². The van der Waals surface area contributed by atoms with Gasteiger partial charge in [0.25, 0.3) is 0 Å². The standard InChI is InChI=1S/C22H26N2O4/c1-3-19(25)27-14-12-24(13-15-28-20(26)4-2)22-17-9-6-5-8-16(17)21-18(22)10-7-11-23-21/h5-11,22H,3-4,12-15H2,1-2H3. The van der Waals surface area contributed by atoms with E-state index < -0.39 is 0 Å². The highest BCUT2D eigenvalue weighted by atomic mass is 16.5. The van der Waals surface area contributed by atoms with Crippen LogP contribution in [0, 0.1) is 0 Å². The van der Waals surface area contributed by atoms with E-state index in [-0.39, 0.29) is 18.0 Å². The predicted molar refractivity (Wildman–Crippen MR) is 106 cm³/mol. The highest BCUT2D eigenvalue weighted by molar-refractivity contribution is 5.75. The van der Waals surface area contributed by atoms with Crippen LogP contribution in [0.4, 0.5) is 0 Å². The number of aromatic nitrogens is 1. The van der Waals surface area contributed by atoms with Crippen molar-refractivity contribution in [3.05, 3.63) is 53.7 Å². The lowest BCUT2D eigenvalue weighted by molar-refractivity contribution is -0.144. The third kappa shape index (κ3) is 4.39. The summed E-state index contributed by atoms with van der Waals surface area (Å²) in [7, 11) is 0. The quantitative estimate of drug-likeness (QED) is 0.620. The first-order chi connectivity index (χ1) is 13.7. The molecular formula is C22H26N2O4. The van der Waals surface area contributed by atoms with Crippen molar-refractivity contribution in [3.8, 4) is 11.3 Å². The lowest BCUT2D eigenvalue weighted by Crippen LogP contribution is -2.35. The Hall–Kier alpha value is -2.73. The van der Waals surface area contributed by atoms with Gasteiger partial charge in [-0.05, 0) is 11.6 Å². The number of rotatable bonds is 9. The van der Waals surface area contributed by atoms with Crippen LogP contribution in [-0.4, -0.2) is 48.1 Å². The minimum Gasteiger partial charge on any atom is -0.464 e. The topological polar surface area (TPSA) is 68.7 Å². The van der Waals surface area contributed by atoms with Gasteiger partial charge in [0, 0.05) is 43.3 Å². The monoisotopic (exact) mass is 382 g/mol. The summed E-state index contributed by atoms with van der Waals surface area (Å²) in [6.45, 7) is 5.23. The molecule has 1 atom stereocenters. The molecule has 1 aromatic carbocycles. The molecule has 0 saturated heterocycles. The second-order valence-electron chi connectivity index (χ2n) is 6.62. The Bertz CT molecular complexity index is 769. The van der Waals surface area contributed by atoms with Gasteiger partial charge in [0.2, 0.25) is 0 Å². The Kier molecular flexibility index (Phi) is 6.76. The van der Waals surface area contributed by atoms with E-state index in [0.29, 0.717) is 39.1 Å². The Morgan fingerprint density at radius 2 is 1.54 bits per heavy atom. The van der Waals surface area contributed by atoms with Gasteiger partial charge in [0.1, 0.15) is 13.2 Å². The van der Waals surface area contributed by atoms with Gasteiger partial charge in [-0.25, -0.2) is 0 Å². The maximum atomic E-state index is 11.5. The number of pyridine rings is 1. The zero-order valence-electron chi connectivity index (χ0n) is 16.4. The molecule has 1 aromatic heterocycles. The van der Waals surface area contributed by atoms with Crippen LogP contribution in [0.25, 0.3) is 11.3 Å². The van der Waals surface area contributed by atoms with Crippen LogP contribution in [-0.2, 0) is 19.1 Å². The van der Waals surface area contributed by atoms with Crippen LogP contribution < -0.4 is 0 Å². The second-order valence-corrected chi connectivity index (χ2v) is 6.62. The molecule has 6 nitrogen and oxygen atoms in total. The Balaban J connectivity index is 1.83. The van der Waals surface area contributed by atoms with E-state index in [4.69, 9.17) is 9.47 Å². The van der Waals surface area contributed by atoms with E-state index in [9.17, 15) is 9.59 Å². The smallest absolute Gasteiger partial charge is 0.305 e. The number of carbonyl (C=O) groups is 2. The molecule has 6 heteroatoms. The molecule has 1 aliphatic carbocycles. The van der Waals surface area contributed by atoms with Crippen molar-refractivity contribution in [2.45, 2.75) is 32.7 Å². The summed E-state index contributed by atoms with van der Waals surface area (Å²) in [6, 6.07) is 12.2. The van der Waals surface area contributed by atoms with Gasteiger partial charge in [-0.3, -0.25) is 19.5 Å². The SMILES string of the molecule is CCC(=O)OCCN(CCOC(=O)CC)C1c2ccccc2-c2ncccc21. The van der Waals surface area contributed by atoms with Gasteiger partial charge in [0.05, 0.1) is 11.7 Å². The first kappa shape index (κ1) is 20.0. The fraction of sp³-hybridized carbons (Fsp3) is 0.409. The fourth-order valence-corrected chi connectivity index (χ4v) is 3.50. The number of benzene rings is 1. The molecule has 148 valence electrons. The third-order valence-electron chi connectivity index (χ3n) is 4.87. The molecule has 0 radical (unpaired) electrons. The van der Waals surface area contributed by atoms with Crippen molar-refractivity contribution in [2.75, 3.05) is 26.3 Å². The van der Waals surface area contributed by atoms with Crippen molar-refractivity contribution in [1.29, 1.82) is 0 Å². The van der Waals surface area contributed by atoms with Gasteiger partial charge in [0.15, 0.2) is 0 Å². The molecule has 2 aromatic rings. The van der Waals surface area contributed by atoms with E-state index in [1.54, 1.807) is 20.0 Å². The summed E-state index contributed by atoms with van der Waals surface area (Å²) in [5, 5.41) is 0. The molecule has 0 bridgehead atoms. The number of ether oxygens (including phenoxy) is 2. The van der Waals surface area contributed by atoms with Crippen LogP contribution >= 0.6 is 0 Å². The molecule has 1 heterocycles. The molecule has 1 aliphatic rings. The van der Waals surface area contributed by atoms with Crippen LogP contribution in [0.1, 0.15) is 43.9 Å². The predicted octanol–water partition coefficient (Wildman–Crippen LogP) is 3.36. The molecule has 1 unspecified atom stereocenters. The number of carbonyl (C=O) groups excluding carboxylic acids is 2. The highest BCUT2D eigenvalue weighted by Gasteiger charge is 2.33. The van der Waals surface area contributed by atoms with Gasteiger partial charge in [-0.1, -0.05) is 44.2 Å². The van der Waals surface area contributed by atoms with Crippen molar-refractivity contribution < 1.29 is 19.1 Å². The lowest BCUT2D eigenvalue weighted by atomic mass is 10.0. The lowest BCUT2D eigenvalue weighted by Gasteiger charge is -2.30. The number of esters is 2. The van der Waals surface area contributed by atoms with Crippen LogP contribution in [0.3, 0.4) is 0 Å². The summed E-state index contributed by atoms with van der Waals surface area (Å²) in [6.07, 6.45) is 2.51. The molecule has 28 heavy (non-hydrogen) atoms. The summed E-state index contributed by atoms with van der Waals surface area (Å²) < 4.78 is 10.6. The molecule has 0 saturated carbocycles. The first-order valence-corrected chi connectivity index (χ1v) is 9.75. The number of fused-ring (bicyclic) bond motifs is 3. The summed E-state index contributed by atoms with van der Waals surface area (Å²) in [5.41, 5.74) is 4.38. The minimum atomic E-state index is -0.216. The van der Waals surface area contributed by atoms with E-state index in [1.165, 1.54) is 5.56 Å². The van der Waals surface area contributed by atoms with Crippen molar-refractivity contribution >= 4 is 11.9 Å². The first-order valence-electron chi connectivity index (χ1n) is 9.75. The molecule has 3 rings (SSSR count). The third-order valence-corrected chi connectivity index (χ3v) is 4.87. The Morgan fingerprint density at radius 1 is 0.929 bits per heavy atom. The van der Waals surface area contributed by atoms with Crippen LogP contribution in [0.15, 0.2) is 42.6 Å². The van der Waals surface area contributed by atoms with Crippen LogP contribution in [0.2, 0.25) is 0 Å². The molecule has 0 fully saturated rings. The molecule has 0 spiro atoms. The average Bonchev–Trinajstić information content (AvgIpc) is 3.06. The molecular weight excluding hydrogens is 356 g/mol. The Labute approximate surface area is 165 Å². The summed E-state index contributed by atoms with van der Waals surface area (Å²) in [4.78, 5) is 29.8. The van der Waals surface area contributed by atoms with E-state index >= 15 is 0 Å². The zero-order valence-corrected chi connectivity index (χ0v) is 16.4. The fourth-order valence-electron chi connectivity index (χ4n) is 3.50. The number of nitrogens with zero attached hydrogens (tertiary/aromatic N) is 2. The van der Waals surface area contributed by atoms with E-state index in [2.05, 4.69) is 28.1 Å². The van der Waals surface area contributed by atoms with Crippen LogP contribution in [0.5, 0.6) is 0 Å². The maximum Gasteiger partial charge on any atom is 0.305 e.